The van der Waals surface area contributed by atoms with Crippen molar-refractivity contribution in [2.75, 3.05) is 11.1 Å². The van der Waals surface area contributed by atoms with Crippen molar-refractivity contribution < 1.29 is 13.5 Å². The summed E-state index contributed by atoms with van der Waals surface area (Å²) in [5, 5.41) is 3.63. The van der Waals surface area contributed by atoms with Gasteiger partial charge >= 0.3 is 6.61 Å². The largest absolute Gasteiger partial charge is 0.435 e. The third-order valence-corrected chi connectivity index (χ3v) is 4.31. The zero-order valence-electron chi connectivity index (χ0n) is 15.1. The third-order valence-electron chi connectivity index (χ3n) is 4.07. The van der Waals surface area contributed by atoms with Gasteiger partial charge in [0.25, 0.3) is 0 Å². The van der Waals surface area contributed by atoms with E-state index < -0.39 is 6.61 Å². The van der Waals surface area contributed by atoms with Gasteiger partial charge in [0.05, 0.1) is 11.0 Å². The van der Waals surface area contributed by atoms with Gasteiger partial charge in [-0.2, -0.15) is 18.7 Å². The van der Waals surface area contributed by atoms with Gasteiger partial charge in [0, 0.05) is 16.8 Å². The number of hydrogen-bond acceptors (Lipinski definition) is 6. The summed E-state index contributed by atoms with van der Waals surface area (Å²) >= 11 is 6.13. The highest BCUT2D eigenvalue weighted by Gasteiger charge is 2.14. The standard InChI is InChI=1S/C19H15ClF2N6O/c1-10-24-14-7-2-11(20)8-15(14)28(10)19-26-16(23)9-17(27-19)25-12-3-5-13(6-4-12)29-18(21)22/h2-9,18H,1H3,(H3,23,25,26,27). The predicted molar refractivity (Wildman–Crippen MR) is 107 cm³/mol. The maximum absolute atomic E-state index is 12.3. The van der Waals surface area contributed by atoms with Crippen molar-refractivity contribution in [3.8, 4) is 11.7 Å². The van der Waals surface area contributed by atoms with Crippen LogP contribution in [0.15, 0.2) is 48.5 Å². The summed E-state index contributed by atoms with van der Waals surface area (Å²) in [6, 6.07) is 12.9. The van der Waals surface area contributed by atoms with Crippen LogP contribution < -0.4 is 15.8 Å². The van der Waals surface area contributed by atoms with Crippen LogP contribution in [0, 0.1) is 6.92 Å². The van der Waals surface area contributed by atoms with Crippen LogP contribution >= 0.6 is 11.6 Å². The number of alkyl halides is 2. The van der Waals surface area contributed by atoms with Gasteiger partial charge in [0.15, 0.2) is 0 Å². The first-order chi connectivity index (χ1) is 13.9. The highest BCUT2D eigenvalue weighted by atomic mass is 35.5. The number of rotatable bonds is 5. The summed E-state index contributed by atoms with van der Waals surface area (Å²) in [6.07, 6.45) is 0. The highest BCUT2D eigenvalue weighted by Crippen LogP contribution is 2.25. The van der Waals surface area contributed by atoms with Gasteiger partial charge < -0.3 is 15.8 Å². The lowest BCUT2D eigenvalue weighted by Crippen LogP contribution is -2.08. The maximum atomic E-state index is 12.3. The molecule has 0 saturated carbocycles. The van der Waals surface area contributed by atoms with Gasteiger partial charge in [-0.15, -0.1) is 0 Å². The Hall–Kier alpha value is -3.46. The van der Waals surface area contributed by atoms with Crippen molar-refractivity contribution in [2.45, 2.75) is 13.5 Å². The second-order valence-corrected chi connectivity index (χ2v) is 6.57. The van der Waals surface area contributed by atoms with Crippen molar-refractivity contribution in [3.05, 3.63) is 59.4 Å². The average Bonchev–Trinajstić information content (AvgIpc) is 2.97. The minimum absolute atomic E-state index is 0.0610. The molecule has 4 aromatic rings. The average molecular weight is 417 g/mol. The summed E-state index contributed by atoms with van der Waals surface area (Å²) in [6.45, 7) is -1.05. The summed E-state index contributed by atoms with van der Waals surface area (Å²) in [5.74, 6) is 1.74. The lowest BCUT2D eigenvalue weighted by atomic mass is 10.3. The second kappa shape index (κ2) is 7.51. The van der Waals surface area contributed by atoms with Crippen LogP contribution in [0.25, 0.3) is 17.0 Å². The van der Waals surface area contributed by atoms with Gasteiger partial charge in [0.1, 0.15) is 23.2 Å². The lowest BCUT2D eigenvalue weighted by Gasteiger charge is -2.11. The number of hydrogen-bond donors (Lipinski definition) is 2. The number of fused-ring (bicyclic) bond motifs is 1. The van der Waals surface area contributed by atoms with Gasteiger partial charge in [-0.05, 0) is 49.4 Å². The summed E-state index contributed by atoms with van der Waals surface area (Å²) in [4.78, 5) is 13.3. The molecule has 7 nitrogen and oxygen atoms in total. The second-order valence-electron chi connectivity index (χ2n) is 6.13. The van der Waals surface area contributed by atoms with Crippen LogP contribution in [0.3, 0.4) is 0 Å². The van der Waals surface area contributed by atoms with E-state index >= 15 is 0 Å². The molecule has 0 radical (unpaired) electrons. The molecular formula is C19H15ClF2N6O. The Labute approximate surface area is 169 Å². The zero-order chi connectivity index (χ0) is 20.5. The van der Waals surface area contributed by atoms with Crippen LogP contribution in [-0.4, -0.2) is 26.1 Å². The number of ether oxygens (including phenoxy) is 1. The molecule has 0 saturated heterocycles. The van der Waals surface area contributed by atoms with Crippen molar-refractivity contribution >= 4 is 40.0 Å². The van der Waals surface area contributed by atoms with E-state index in [9.17, 15) is 8.78 Å². The molecule has 0 unspecified atom stereocenters. The van der Waals surface area contributed by atoms with Crippen LogP contribution in [0.5, 0.6) is 5.75 Å². The van der Waals surface area contributed by atoms with E-state index in [0.29, 0.717) is 28.3 Å². The van der Waals surface area contributed by atoms with E-state index in [0.717, 1.165) is 11.0 Å². The van der Waals surface area contributed by atoms with E-state index in [4.69, 9.17) is 17.3 Å². The van der Waals surface area contributed by atoms with Crippen molar-refractivity contribution in [1.82, 2.24) is 19.5 Å². The van der Waals surface area contributed by atoms with E-state index in [1.54, 1.807) is 34.9 Å². The Morgan fingerprint density at radius 2 is 1.83 bits per heavy atom. The van der Waals surface area contributed by atoms with E-state index in [2.05, 4.69) is 25.0 Å². The Morgan fingerprint density at radius 3 is 2.55 bits per heavy atom. The number of halogens is 3. The minimum Gasteiger partial charge on any atom is -0.435 e. The SMILES string of the molecule is Cc1nc2ccc(Cl)cc2n1-c1nc(N)cc(Nc2ccc(OC(F)F)cc2)n1. The lowest BCUT2D eigenvalue weighted by molar-refractivity contribution is -0.0498. The normalized spacial score (nSPS) is 11.2. The Kier molecular flexibility index (Phi) is 4.89. The van der Waals surface area contributed by atoms with Gasteiger partial charge in [-0.3, -0.25) is 4.57 Å². The number of benzene rings is 2. The molecule has 148 valence electrons. The maximum Gasteiger partial charge on any atom is 0.387 e. The molecule has 3 N–H and O–H groups in total. The summed E-state index contributed by atoms with van der Waals surface area (Å²) in [5.41, 5.74) is 8.09. The van der Waals surface area contributed by atoms with Crippen LogP contribution in [-0.2, 0) is 0 Å². The van der Waals surface area contributed by atoms with Crippen LogP contribution in [0.4, 0.5) is 26.1 Å². The molecule has 0 aliphatic rings. The molecule has 0 amide bonds. The van der Waals surface area contributed by atoms with Gasteiger partial charge in [-0.25, -0.2) is 4.98 Å². The molecule has 0 spiro atoms. The van der Waals surface area contributed by atoms with E-state index in [-0.39, 0.29) is 11.6 Å². The first kappa shape index (κ1) is 18.9. The molecule has 2 aromatic carbocycles. The Morgan fingerprint density at radius 1 is 1.07 bits per heavy atom. The number of imidazole rings is 1. The number of nitrogen functional groups attached to an aromatic ring is 1. The van der Waals surface area contributed by atoms with Crippen molar-refractivity contribution in [3.63, 3.8) is 0 Å². The molecule has 0 fully saturated rings. The zero-order valence-corrected chi connectivity index (χ0v) is 15.9. The van der Waals surface area contributed by atoms with Crippen LogP contribution in [0.1, 0.15) is 5.82 Å². The predicted octanol–water partition coefficient (Wildman–Crippen LogP) is 4.70. The van der Waals surface area contributed by atoms with Crippen LogP contribution in [0.2, 0.25) is 5.02 Å². The first-order valence-electron chi connectivity index (χ1n) is 8.50. The molecule has 29 heavy (non-hydrogen) atoms. The fourth-order valence-electron chi connectivity index (χ4n) is 2.91. The monoisotopic (exact) mass is 416 g/mol. The number of nitrogens with one attached hydrogen (secondary N) is 1. The summed E-state index contributed by atoms with van der Waals surface area (Å²) in [7, 11) is 0. The minimum atomic E-state index is -2.88. The molecule has 0 aliphatic heterocycles. The number of aromatic nitrogens is 4. The number of nitrogens with two attached hydrogens (primary N) is 1. The number of anilines is 3. The molecule has 0 atom stereocenters. The molecule has 10 heteroatoms. The quantitative estimate of drug-likeness (QED) is 0.490. The topological polar surface area (TPSA) is 90.9 Å². The van der Waals surface area contributed by atoms with E-state index in [1.165, 1.54) is 12.1 Å². The van der Waals surface area contributed by atoms with Crippen molar-refractivity contribution in [1.29, 1.82) is 0 Å². The van der Waals surface area contributed by atoms with Gasteiger partial charge in [0.2, 0.25) is 5.95 Å². The molecule has 0 bridgehead atoms. The molecule has 0 aliphatic carbocycles. The smallest absolute Gasteiger partial charge is 0.387 e. The van der Waals surface area contributed by atoms with Gasteiger partial charge in [-0.1, -0.05) is 11.6 Å². The number of aryl methyl sites for hydroxylation is 1. The van der Waals surface area contributed by atoms with Crippen molar-refractivity contribution in [2.24, 2.45) is 0 Å². The first-order valence-corrected chi connectivity index (χ1v) is 8.88. The molecular weight excluding hydrogens is 402 g/mol. The molecule has 2 heterocycles. The Bertz CT molecular complexity index is 1180. The highest BCUT2D eigenvalue weighted by molar-refractivity contribution is 6.31. The fraction of sp³-hybridized carbons (Fsp3) is 0.105. The fourth-order valence-corrected chi connectivity index (χ4v) is 3.07. The summed E-state index contributed by atoms with van der Waals surface area (Å²) < 4.78 is 30.6. The van der Waals surface area contributed by atoms with E-state index in [1.807, 2.05) is 13.0 Å². The Balaban J connectivity index is 1.69. The third kappa shape index (κ3) is 4.04. The molecule has 2 aromatic heterocycles. The molecule has 4 rings (SSSR count). The number of nitrogens with zero attached hydrogens (tertiary/aromatic N) is 4.